The van der Waals surface area contributed by atoms with Gasteiger partial charge in [0.25, 0.3) is 5.91 Å². The first kappa shape index (κ1) is 23.0. The van der Waals surface area contributed by atoms with Crippen molar-refractivity contribution in [3.05, 3.63) is 65.2 Å². The zero-order valence-electron chi connectivity index (χ0n) is 17.6. The molecule has 1 amide bonds. The Bertz CT molecular complexity index is 1090. The highest BCUT2D eigenvalue weighted by Gasteiger charge is 2.14. The fraction of sp³-hybridized carbons (Fsp3) is 0.217. The quantitative estimate of drug-likeness (QED) is 0.492. The molecule has 0 bridgehead atoms. The highest BCUT2D eigenvalue weighted by Crippen LogP contribution is 2.32. The molecule has 1 N–H and O–H groups in total. The van der Waals surface area contributed by atoms with Gasteiger partial charge in [-0.3, -0.25) is 9.59 Å². The first-order chi connectivity index (χ1) is 15.5. The normalized spacial score (nSPS) is 10.3. The van der Waals surface area contributed by atoms with Crippen LogP contribution >= 0.6 is 11.3 Å². The summed E-state index contributed by atoms with van der Waals surface area (Å²) in [5, 5.41) is 5.11. The molecule has 0 saturated carbocycles. The smallest absolute Gasteiger partial charge is 0.337 e. The molecular formula is C23H22N2O6S. The van der Waals surface area contributed by atoms with E-state index >= 15 is 0 Å². The maximum Gasteiger partial charge on any atom is 0.337 e. The van der Waals surface area contributed by atoms with Crippen LogP contribution in [0.5, 0.6) is 5.75 Å². The van der Waals surface area contributed by atoms with Crippen molar-refractivity contribution < 1.29 is 28.6 Å². The van der Waals surface area contributed by atoms with Gasteiger partial charge in [-0.1, -0.05) is 12.1 Å². The Kier molecular flexibility index (Phi) is 7.93. The third-order valence-corrected chi connectivity index (χ3v) is 5.17. The number of carbonyl (C=O) groups excluding carboxylic acids is 3. The van der Waals surface area contributed by atoms with E-state index in [0.717, 1.165) is 16.3 Å². The standard InChI is InChI=1S/C23H22N2O6S/c1-3-30-19-7-5-4-6-18(19)22-25-17(14-32-22)12-21(27)31-13-20(26)24-16-10-8-15(9-11-16)23(28)29-2/h4-11,14H,3,12-13H2,1-2H3,(H,24,26). The van der Waals surface area contributed by atoms with E-state index in [1.54, 1.807) is 17.5 Å². The number of esters is 2. The van der Waals surface area contributed by atoms with Crippen molar-refractivity contribution in [3.63, 3.8) is 0 Å². The van der Waals surface area contributed by atoms with Gasteiger partial charge >= 0.3 is 11.9 Å². The minimum atomic E-state index is -0.559. The molecule has 0 aliphatic carbocycles. The molecule has 0 fully saturated rings. The van der Waals surface area contributed by atoms with Crippen LogP contribution in [-0.4, -0.2) is 43.2 Å². The van der Waals surface area contributed by atoms with Gasteiger partial charge in [-0.05, 0) is 43.3 Å². The summed E-state index contributed by atoms with van der Waals surface area (Å²) in [7, 11) is 1.29. The lowest BCUT2D eigenvalue weighted by molar-refractivity contribution is -0.146. The number of methoxy groups -OCH3 is 1. The van der Waals surface area contributed by atoms with Gasteiger partial charge < -0.3 is 19.5 Å². The minimum Gasteiger partial charge on any atom is -0.493 e. The van der Waals surface area contributed by atoms with Crippen LogP contribution in [0.1, 0.15) is 23.0 Å². The number of ether oxygens (including phenoxy) is 3. The molecule has 1 heterocycles. The van der Waals surface area contributed by atoms with E-state index in [2.05, 4.69) is 15.0 Å². The monoisotopic (exact) mass is 454 g/mol. The number of anilines is 1. The summed E-state index contributed by atoms with van der Waals surface area (Å²) in [6, 6.07) is 13.7. The van der Waals surface area contributed by atoms with E-state index in [1.807, 2.05) is 31.2 Å². The number of hydrogen-bond donors (Lipinski definition) is 1. The van der Waals surface area contributed by atoms with Crippen LogP contribution in [0.3, 0.4) is 0 Å². The van der Waals surface area contributed by atoms with Crippen LogP contribution in [0.4, 0.5) is 5.69 Å². The zero-order valence-corrected chi connectivity index (χ0v) is 18.4. The highest BCUT2D eigenvalue weighted by molar-refractivity contribution is 7.13. The van der Waals surface area contributed by atoms with Gasteiger partial charge in [0, 0.05) is 11.1 Å². The highest BCUT2D eigenvalue weighted by atomic mass is 32.1. The largest absolute Gasteiger partial charge is 0.493 e. The maximum atomic E-state index is 12.1. The summed E-state index contributed by atoms with van der Waals surface area (Å²) in [5.74, 6) is -0.789. The Morgan fingerprint density at radius 2 is 1.81 bits per heavy atom. The third-order valence-electron chi connectivity index (χ3n) is 4.25. The van der Waals surface area contributed by atoms with Crippen molar-refractivity contribution in [1.29, 1.82) is 0 Å². The number of thiazole rings is 1. The number of nitrogens with zero attached hydrogens (tertiary/aromatic N) is 1. The van der Waals surface area contributed by atoms with Crippen molar-refractivity contribution in [2.24, 2.45) is 0 Å². The lowest BCUT2D eigenvalue weighted by Crippen LogP contribution is -2.21. The molecule has 3 rings (SSSR count). The molecule has 32 heavy (non-hydrogen) atoms. The third kappa shape index (κ3) is 6.14. The Balaban J connectivity index is 1.50. The van der Waals surface area contributed by atoms with E-state index in [-0.39, 0.29) is 6.42 Å². The van der Waals surface area contributed by atoms with Crippen molar-refractivity contribution in [2.45, 2.75) is 13.3 Å². The van der Waals surface area contributed by atoms with Crippen LogP contribution < -0.4 is 10.1 Å². The SMILES string of the molecule is CCOc1ccccc1-c1nc(CC(=O)OCC(=O)Nc2ccc(C(=O)OC)cc2)cs1. The average molecular weight is 455 g/mol. The van der Waals surface area contributed by atoms with Crippen molar-refractivity contribution in [2.75, 3.05) is 25.6 Å². The van der Waals surface area contributed by atoms with Gasteiger partial charge in [-0.15, -0.1) is 11.3 Å². The van der Waals surface area contributed by atoms with Gasteiger partial charge in [0.05, 0.1) is 37.0 Å². The molecule has 0 radical (unpaired) electrons. The van der Waals surface area contributed by atoms with E-state index in [4.69, 9.17) is 9.47 Å². The fourth-order valence-corrected chi connectivity index (χ4v) is 3.64. The van der Waals surface area contributed by atoms with Crippen LogP contribution in [0, 0.1) is 0 Å². The van der Waals surface area contributed by atoms with E-state index in [0.29, 0.717) is 23.6 Å². The number of aromatic nitrogens is 1. The fourth-order valence-electron chi connectivity index (χ4n) is 2.79. The molecule has 0 unspecified atom stereocenters. The second kappa shape index (κ2) is 11.1. The lowest BCUT2D eigenvalue weighted by atomic mass is 10.2. The molecular weight excluding hydrogens is 432 g/mol. The van der Waals surface area contributed by atoms with Gasteiger partial charge in [0.15, 0.2) is 6.61 Å². The van der Waals surface area contributed by atoms with Gasteiger partial charge in [0.2, 0.25) is 0 Å². The summed E-state index contributed by atoms with van der Waals surface area (Å²) < 4.78 is 15.3. The molecule has 0 aliphatic heterocycles. The molecule has 166 valence electrons. The number of carbonyl (C=O) groups is 3. The first-order valence-corrected chi connectivity index (χ1v) is 10.7. The molecule has 3 aromatic rings. The lowest BCUT2D eigenvalue weighted by Gasteiger charge is -2.07. The summed E-state index contributed by atoms with van der Waals surface area (Å²) in [6.07, 6.45) is -0.0472. The molecule has 8 nitrogen and oxygen atoms in total. The van der Waals surface area contributed by atoms with Crippen molar-refractivity contribution in [1.82, 2.24) is 4.98 Å². The Labute approximate surface area is 189 Å². The Morgan fingerprint density at radius 1 is 1.06 bits per heavy atom. The molecule has 9 heteroatoms. The van der Waals surface area contributed by atoms with Crippen molar-refractivity contribution in [3.8, 4) is 16.3 Å². The van der Waals surface area contributed by atoms with Gasteiger partial charge in [0.1, 0.15) is 10.8 Å². The maximum absolute atomic E-state index is 12.1. The van der Waals surface area contributed by atoms with E-state index < -0.39 is 24.5 Å². The van der Waals surface area contributed by atoms with Crippen LogP contribution in [0.2, 0.25) is 0 Å². The summed E-state index contributed by atoms with van der Waals surface area (Å²) in [5.41, 5.74) is 2.25. The van der Waals surface area contributed by atoms with E-state index in [1.165, 1.54) is 30.6 Å². The predicted molar refractivity (Wildman–Crippen MR) is 120 cm³/mol. The Morgan fingerprint density at radius 3 is 2.53 bits per heavy atom. The van der Waals surface area contributed by atoms with Gasteiger partial charge in [-0.2, -0.15) is 0 Å². The first-order valence-electron chi connectivity index (χ1n) is 9.80. The Hall–Kier alpha value is -3.72. The molecule has 2 aromatic carbocycles. The van der Waals surface area contributed by atoms with Crippen molar-refractivity contribution >= 4 is 34.9 Å². The zero-order chi connectivity index (χ0) is 22.9. The second-order valence-corrected chi connectivity index (χ2v) is 7.39. The average Bonchev–Trinajstić information content (AvgIpc) is 3.26. The minimum absolute atomic E-state index is 0.0472. The second-order valence-electron chi connectivity index (χ2n) is 6.53. The van der Waals surface area contributed by atoms with Crippen LogP contribution in [0.25, 0.3) is 10.6 Å². The topological polar surface area (TPSA) is 104 Å². The number of rotatable bonds is 9. The summed E-state index contributed by atoms with van der Waals surface area (Å²) >= 11 is 1.40. The number of hydrogen-bond acceptors (Lipinski definition) is 8. The van der Waals surface area contributed by atoms with Crippen LogP contribution in [0.15, 0.2) is 53.9 Å². The molecule has 0 aliphatic rings. The molecule has 0 saturated heterocycles. The number of amides is 1. The van der Waals surface area contributed by atoms with E-state index in [9.17, 15) is 14.4 Å². The summed E-state index contributed by atoms with van der Waals surface area (Å²) in [6.45, 7) is 2.02. The number of benzene rings is 2. The molecule has 0 atom stereocenters. The number of para-hydroxylation sites is 1. The summed E-state index contributed by atoms with van der Waals surface area (Å²) in [4.78, 5) is 40.1. The van der Waals surface area contributed by atoms with Crippen LogP contribution in [-0.2, 0) is 25.5 Å². The molecule has 1 aromatic heterocycles. The predicted octanol–water partition coefficient (Wildman–Crippen LogP) is 3.72. The molecule has 0 spiro atoms. The number of nitrogens with one attached hydrogen (secondary N) is 1. The van der Waals surface area contributed by atoms with Gasteiger partial charge in [-0.25, -0.2) is 9.78 Å².